The molecule has 0 bridgehead atoms. The smallest absolute Gasteiger partial charge is 0.443 e. The maximum absolute atomic E-state index is 13.3. The Hall–Kier alpha value is -2.06. The summed E-state index contributed by atoms with van der Waals surface area (Å²) in [5.41, 5.74) is 3.95. The van der Waals surface area contributed by atoms with Crippen molar-refractivity contribution in [1.29, 1.82) is 0 Å². The molecule has 0 unspecified atom stereocenters. The molecule has 0 atom stereocenters. The minimum atomic E-state index is -8.99. The summed E-state index contributed by atoms with van der Waals surface area (Å²) in [5.74, 6) is -67.5. The number of ether oxygens (including phenoxy) is 1. The molecule has 0 aromatic rings. The van der Waals surface area contributed by atoms with Crippen LogP contribution in [-0.4, -0.2) is 66.3 Å². The molecular formula is C11H4F19NO2. The first-order valence-electron chi connectivity index (χ1n) is 6.93. The fourth-order valence-electron chi connectivity index (χ4n) is 1.65. The molecule has 0 heterocycles. The SMILES string of the molecule is NC(=O)OCC(F)(F)C(F)(F)C(F)(F)C(F)(F)C(F)(F)C(F)(F)C(F)(F)C(F)(F)C(F)(F)F. The van der Waals surface area contributed by atoms with Gasteiger partial charge in [-0.15, -0.1) is 0 Å². The summed E-state index contributed by atoms with van der Waals surface area (Å²) in [6, 6.07) is 0. The van der Waals surface area contributed by atoms with Gasteiger partial charge in [0, 0.05) is 0 Å². The van der Waals surface area contributed by atoms with Crippen LogP contribution in [0.1, 0.15) is 0 Å². The van der Waals surface area contributed by atoms with E-state index >= 15 is 0 Å². The summed E-state index contributed by atoms with van der Waals surface area (Å²) in [7, 11) is 0. The van der Waals surface area contributed by atoms with Gasteiger partial charge in [0.15, 0.2) is 6.61 Å². The number of nitrogens with two attached hydrogens (primary N) is 1. The zero-order valence-corrected chi connectivity index (χ0v) is 14.3. The Kier molecular flexibility index (Phi) is 7.25. The summed E-state index contributed by atoms with van der Waals surface area (Å²) in [6.07, 6.45) is -10.4. The van der Waals surface area contributed by atoms with Crippen molar-refractivity contribution in [1.82, 2.24) is 0 Å². The Bertz CT molecular complexity index is 739. The Morgan fingerprint density at radius 3 is 0.970 bits per heavy atom. The summed E-state index contributed by atoms with van der Waals surface area (Å²) in [5, 5.41) is 0. The van der Waals surface area contributed by atoms with Crippen LogP contribution in [0.5, 0.6) is 0 Å². The number of hydrogen-bond acceptors (Lipinski definition) is 2. The van der Waals surface area contributed by atoms with Crippen LogP contribution in [0.4, 0.5) is 88.2 Å². The van der Waals surface area contributed by atoms with Crippen molar-refractivity contribution in [3.8, 4) is 0 Å². The second-order valence-electron chi connectivity index (χ2n) is 5.83. The van der Waals surface area contributed by atoms with Gasteiger partial charge in [0.2, 0.25) is 0 Å². The first-order chi connectivity index (χ1) is 13.9. The zero-order valence-electron chi connectivity index (χ0n) is 14.3. The Balaban J connectivity index is 6.79. The van der Waals surface area contributed by atoms with Gasteiger partial charge in [-0.25, -0.2) is 4.79 Å². The van der Waals surface area contributed by atoms with Gasteiger partial charge in [0.25, 0.3) is 0 Å². The highest BCUT2D eigenvalue weighted by atomic mass is 19.4. The molecule has 0 aliphatic heterocycles. The van der Waals surface area contributed by atoms with Gasteiger partial charge in [0.1, 0.15) is 0 Å². The quantitative estimate of drug-likeness (QED) is 0.378. The molecule has 0 spiro atoms. The number of rotatable bonds is 9. The molecule has 3 nitrogen and oxygen atoms in total. The Labute approximate surface area is 166 Å². The van der Waals surface area contributed by atoms with Gasteiger partial charge in [-0.1, -0.05) is 0 Å². The number of amides is 1. The highest BCUT2D eigenvalue weighted by molar-refractivity contribution is 5.64. The molecule has 198 valence electrons. The van der Waals surface area contributed by atoms with Crippen LogP contribution in [0.15, 0.2) is 0 Å². The zero-order chi connectivity index (χ0) is 27.5. The molecule has 0 aliphatic carbocycles. The lowest BCUT2D eigenvalue weighted by atomic mass is 9.87. The van der Waals surface area contributed by atoms with Crippen molar-refractivity contribution in [3.05, 3.63) is 0 Å². The minimum absolute atomic E-state index is 2.51. The molecule has 1 amide bonds. The second kappa shape index (κ2) is 7.73. The lowest BCUT2D eigenvalue weighted by Gasteiger charge is -2.43. The summed E-state index contributed by atoms with van der Waals surface area (Å²) >= 11 is 0. The van der Waals surface area contributed by atoms with Crippen molar-refractivity contribution in [2.24, 2.45) is 5.73 Å². The molecule has 2 N–H and O–H groups in total. The largest absolute Gasteiger partial charge is 0.460 e. The third kappa shape index (κ3) is 4.05. The van der Waals surface area contributed by atoms with Crippen molar-refractivity contribution in [2.45, 2.75) is 53.6 Å². The number of carbonyl (C=O) groups is 1. The third-order valence-electron chi connectivity index (χ3n) is 3.58. The average molecular weight is 543 g/mol. The van der Waals surface area contributed by atoms with E-state index in [2.05, 4.69) is 10.5 Å². The molecule has 0 saturated carbocycles. The maximum atomic E-state index is 13.3. The topological polar surface area (TPSA) is 52.3 Å². The number of hydrogen-bond donors (Lipinski definition) is 1. The van der Waals surface area contributed by atoms with Crippen molar-refractivity contribution in [3.63, 3.8) is 0 Å². The van der Waals surface area contributed by atoms with Crippen LogP contribution < -0.4 is 5.73 Å². The van der Waals surface area contributed by atoms with Crippen molar-refractivity contribution >= 4 is 6.09 Å². The maximum Gasteiger partial charge on any atom is 0.460 e. The van der Waals surface area contributed by atoms with E-state index in [1.54, 1.807) is 0 Å². The number of carbonyl (C=O) groups excluding carboxylic acids is 1. The van der Waals surface area contributed by atoms with Gasteiger partial charge in [0.05, 0.1) is 0 Å². The van der Waals surface area contributed by atoms with Gasteiger partial charge >= 0.3 is 59.6 Å². The van der Waals surface area contributed by atoms with Crippen LogP contribution in [0, 0.1) is 0 Å². The van der Waals surface area contributed by atoms with Crippen LogP contribution >= 0.6 is 0 Å². The van der Waals surface area contributed by atoms with Crippen LogP contribution in [0.3, 0.4) is 0 Å². The molecule has 0 rings (SSSR count). The van der Waals surface area contributed by atoms with Gasteiger partial charge in [-0.05, 0) is 0 Å². The van der Waals surface area contributed by atoms with Crippen molar-refractivity contribution in [2.75, 3.05) is 6.61 Å². The predicted octanol–water partition coefficient (Wildman–Crippen LogP) is 5.73. The predicted molar refractivity (Wildman–Crippen MR) is 61.2 cm³/mol. The van der Waals surface area contributed by atoms with E-state index in [1.807, 2.05) is 0 Å². The van der Waals surface area contributed by atoms with E-state index < -0.39 is 66.3 Å². The lowest BCUT2D eigenvalue weighted by molar-refractivity contribution is -0.469. The monoisotopic (exact) mass is 543 g/mol. The van der Waals surface area contributed by atoms with E-state index in [9.17, 15) is 88.2 Å². The fourth-order valence-corrected chi connectivity index (χ4v) is 1.65. The molecule has 0 radical (unpaired) electrons. The lowest BCUT2D eigenvalue weighted by Crippen LogP contribution is -2.76. The number of alkyl halides is 19. The molecule has 33 heavy (non-hydrogen) atoms. The molecule has 0 fully saturated rings. The Morgan fingerprint density at radius 2 is 0.727 bits per heavy atom. The minimum Gasteiger partial charge on any atom is -0.443 e. The fraction of sp³-hybridized carbons (Fsp3) is 0.909. The van der Waals surface area contributed by atoms with E-state index in [4.69, 9.17) is 0 Å². The van der Waals surface area contributed by atoms with E-state index in [0.29, 0.717) is 0 Å². The molecule has 22 heteroatoms. The molecule has 0 aromatic carbocycles. The van der Waals surface area contributed by atoms with Crippen molar-refractivity contribution < 1.29 is 92.9 Å². The van der Waals surface area contributed by atoms with Crippen LogP contribution in [0.25, 0.3) is 0 Å². The van der Waals surface area contributed by atoms with Gasteiger partial charge in [-0.2, -0.15) is 83.4 Å². The average Bonchev–Trinajstić information content (AvgIpc) is 2.57. The highest BCUT2D eigenvalue weighted by Crippen LogP contribution is 2.65. The summed E-state index contributed by atoms with van der Waals surface area (Å²) in [4.78, 5) is 10.0. The summed E-state index contributed by atoms with van der Waals surface area (Å²) < 4.78 is 248. The van der Waals surface area contributed by atoms with Crippen LogP contribution in [0.2, 0.25) is 0 Å². The molecule has 0 aromatic heterocycles. The highest BCUT2D eigenvalue weighted by Gasteiger charge is 2.96. The normalized spacial score (nSPS) is 16.1. The molecular weight excluding hydrogens is 539 g/mol. The van der Waals surface area contributed by atoms with Crippen LogP contribution in [-0.2, 0) is 4.74 Å². The first kappa shape index (κ1) is 30.9. The van der Waals surface area contributed by atoms with Gasteiger partial charge in [-0.3, -0.25) is 0 Å². The van der Waals surface area contributed by atoms with Gasteiger partial charge < -0.3 is 10.5 Å². The standard InChI is InChI=1S/C11H4F19NO2/c12-3(13,1-33-2(31)32)4(14,15)5(16,17)6(18,19)7(20,21)8(22,23)9(24,25)10(26,27)11(28,29)30/h1H2,(H2,31,32). The summed E-state index contributed by atoms with van der Waals surface area (Å²) in [6.45, 7) is -3.44. The number of halogens is 19. The van der Waals surface area contributed by atoms with E-state index in [-0.39, 0.29) is 0 Å². The van der Waals surface area contributed by atoms with E-state index in [1.165, 1.54) is 0 Å². The Morgan fingerprint density at radius 1 is 0.485 bits per heavy atom. The molecule has 0 saturated heterocycles. The number of primary amides is 1. The molecule has 0 aliphatic rings. The third-order valence-corrected chi connectivity index (χ3v) is 3.58. The first-order valence-corrected chi connectivity index (χ1v) is 6.93. The second-order valence-corrected chi connectivity index (χ2v) is 5.83. The van der Waals surface area contributed by atoms with E-state index in [0.717, 1.165) is 0 Å².